The Balaban J connectivity index is 2.06. The van der Waals surface area contributed by atoms with Crippen molar-refractivity contribution in [2.75, 3.05) is 12.9 Å². The quantitative estimate of drug-likeness (QED) is 0.780. The smallest absolute Gasteiger partial charge is 0.165 e. The van der Waals surface area contributed by atoms with Crippen LogP contribution in [0.3, 0.4) is 0 Å². The summed E-state index contributed by atoms with van der Waals surface area (Å²) in [6, 6.07) is 9.66. The Bertz CT molecular complexity index is 639. The molecule has 0 aliphatic heterocycles. The molecule has 0 saturated heterocycles. The maximum atomic E-state index is 13.7. The minimum absolute atomic E-state index is 0.205. The van der Waals surface area contributed by atoms with E-state index < -0.39 is 5.82 Å². The molecule has 0 amide bonds. The maximum absolute atomic E-state index is 13.7. The lowest BCUT2D eigenvalue weighted by molar-refractivity contribution is 0.386. The van der Waals surface area contributed by atoms with Crippen LogP contribution in [0, 0.1) is 5.82 Å². The second-order valence-corrected chi connectivity index (χ2v) is 6.29. The first-order valence-corrected chi connectivity index (χ1v) is 7.92. The Kier molecular flexibility index (Phi) is 5.76. The molecule has 21 heavy (non-hydrogen) atoms. The first kappa shape index (κ1) is 16.4. The van der Waals surface area contributed by atoms with Crippen LogP contribution >= 0.6 is 35.0 Å². The monoisotopic (exact) mass is 345 g/mol. The molecule has 1 unspecified atom stereocenters. The zero-order valence-corrected chi connectivity index (χ0v) is 13.6. The van der Waals surface area contributed by atoms with Crippen molar-refractivity contribution in [1.82, 2.24) is 0 Å². The van der Waals surface area contributed by atoms with Crippen molar-refractivity contribution in [2.45, 2.75) is 10.9 Å². The van der Waals surface area contributed by atoms with Gasteiger partial charge in [0.15, 0.2) is 11.6 Å². The number of ether oxygens (including phenoxy) is 1. The largest absolute Gasteiger partial charge is 0.494 e. The zero-order chi connectivity index (χ0) is 15.4. The summed E-state index contributed by atoms with van der Waals surface area (Å²) in [5, 5.41) is 1.24. The van der Waals surface area contributed by atoms with Crippen LogP contribution in [-0.2, 0) is 0 Å². The number of methoxy groups -OCH3 is 1. The Labute approximate surface area is 137 Å². The van der Waals surface area contributed by atoms with E-state index in [2.05, 4.69) is 0 Å². The summed E-state index contributed by atoms with van der Waals surface area (Å²) >= 11 is 13.5. The third-order valence-electron chi connectivity index (χ3n) is 2.92. The third-order valence-corrected chi connectivity index (χ3v) is 4.77. The SMILES string of the molecule is COc1ccc(C(N)CSc2cc(Cl)ccc2Cl)cc1F. The van der Waals surface area contributed by atoms with Crippen molar-refractivity contribution in [3.05, 3.63) is 57.8 Å². The average molecular weight is 346 g/mol. The average Bonchev–Trinajstić information content (AvgIpc) is 2.47. The number of rotatable bonds is 5. The van der Waals surface area contributed by atoms with Gasteiger partial charge in [-0.3, -0.25) is 0 Å². The van der Waals surface area contributed by atoms with E-state index in [1.54, 1.807) is 30.3 Å². The predicted molar refractivity (Wildman–Crippen MR) is 87.1 cm³/mol. The molecular formula is C15H14Cl2FNOS. The number of thioether (sulfide) groups is 1. The van der Waals surface area contributed by atoms with Gasteiger partial charge in [-0.15, -0.1) is 11.8 Å². The van der Waals surface area contributed by atoms with E-state index in [0.717, 1.165) is 4.90 Å². The van der Waals surface area contributed by atoms with E-state index >= 15 is 0 Å². The molecule has 0 aromatic heterocycles. The van der Waals surface area contributed by atoms with Gasteiger partial charge in [0.05, 0.1) is 12.1 Å². The van der Waals surface area contributed by atoms with Gasteiger partial charge in [0, 0.05) is 21.7 Å². The Hall–Kier alpha value is -0.940. The molecule has 0 saturated carbocycles. The van der Waals surface area contributed by atoms with Gasteiger partial charge in [0.1, 0.15) is 0 Å². The number of hydrogen-bond acceptors (Lipinski definition) is 3. The first-order valence-electron chi connectivity index (χ1n) is 6.18. The summed E-state index contributed by atoms with van der Waals surface area (Å²) in [5.41, 5.74) is 6.79. The highest BCUT2D eigenvalue weighted by atomic mass is 35.5. The van der Waals surface area contributed by atoms with Crippen molar-refractivity contribution in [3.63, 3.8) is 0 Å². The molecular weight excluding hydrogens is 332 g/mol. The molecule has 0 heterocycles. The molecule has 112 valence electrons. The molecule has 2 N–H and O–H groups in total. The molecule has 6 heteroatoms. The zero-order valence-electron chi connectivity index (χ0n) is 11.3. The fraction of sp³-hybridized carbons (Fsp3) is 0.200. The lowest BCUT2D eigenvalue weighted by atomic mass is 10.1. The summed E-state index contributed by atoms with van der Waals surface area (Å²) in [4.78, 5) is 0.855. The molecule has 0 spiro atoms. The molecule has 2 nitrogen and oxygen atoms in total. The van der Waals surface area contributed by atoms with Gasteiger partial charge in [-0.1, -0.05) is 29.3 Å². The normalized spacial score (nSPS) is 12.2. The topological polar surface area (TPSA) is 35.2 Å². The van der Waals surface area contributed by atoms with Crippen LogP contribution in [0.4, 0.5) is 4.39 Å². The number of benzene rings is 2. The lowest BCUT2D eigenvalue weighted by Gasteiger charge is -2.13. The van der Waals surface area contributed by atoms with Crippen LogP contribution in [0.25, 0.3) is 0 Å². The lowest BCUT2D eigenvalue weighted by Crippen LogP contribution is -2.13. The van der Waals surface area contributed by atoms with Crippen LogP contribution in [0.2, 0.25) is 10.0 Å². The van der Waals surface area contributed by atoms with Crippen LogP contribution in [0.5, 0.6) is 5.75 Å². The van der Waals surface area contributed by atoms with Crippen molar-refractivity contribution >= 4 is 35.0 Å². The van der Waals surface area contributed by atoms with E-state index in [9.17, 15) is 4.39 Å². The molecule has 1 atom stereocenters. The highest BCUT2D eigenvalue weighted by molar-refractivity contribution is 7.99. The van der Waals surface area contributed by atoms with Crippen molar-refractivity contribution in [3.8, 4) is 5.75 Å². The van der Waals surface area contributed by atoms with Crippen LogP contribution in [0.1, 0.15) is 11.6 Å². The molecule has 0 bridgehead atoms. The molecule has 2 aromatic rings. The summed E-state index contributed by atoms with van der Waals surface area (Å²) in [6.07, 6.45) is 0. The predicted octanol–water partition coefficient (Wildman–Crippen LogP) is 4.93. The van der Waals surface area contributed by atoms with Crippen molar-refractivity contribution in [1.29, 1.82) is 0 Å². The number of hydrogen-bond donors (Lipinski definition) is 1. The molecule has 2 aromatic carbocycles. The number of halogens is 3. The van der Waals surface area contributed by atoms with E-state index in [-0.39, 0.29) is 11.8 Å². The van der Waals surface area contributed by atoms with Gasteiger partial charge >= 0.3 is 0 Å². The van der Waals surface area contributed by atoms with Crippen molar-refractivity contribution < 1.29 is 9.13 Å². The second-order valence-electron chi connectivity index (χ2n) is 4.39. The summed E-state index contributed by atoms with van der Waals surface area (Å²) in [6.45, 7) is 0. The summed E-state index contributed by atoms with van der Waals surface area (Å²) in [5.74, 6) is 0.346. The standard InChI is InChI=1S/C15H14Cl2FNOS/c1-20-14-5-2-9(6-12(14)18)13(19)8-21-15-7-10(16)3-4-11(15)17/h2-7,13H,8,19H2,1H3. The van der Waals surface area contributed by atoms with Crippen LogP contribution < -0.4 is 10.5 Å². The third kappa shape index (κ3) is 4.27. The van der Waals surface area contributed by atoms with E-state index in [0.29, 0.717) is 21.4 Å². The fourth-order valence-corrected chi connectivity index (χ4v) is 3.26. The van der Waals surface area contributed by atoms with Gasteiger partial charge in [0.25, 0.3) is 0 Å². The second kappa shape index (κ2) is 7.36. The van der Waals surface area contributed by atoms with Crippen LogP contribution in [0.15, 0.2) is 41.3 Å². The maximum Gasteiger partial charge on any atom is 0.165 e. The molecule has 0 aliphatic carbocycles. The van der Waals surface area contributed by atoms with Gasteiger partial charge < -0.3 is 10.5 Å². The molecule has 0 radical (unpaired) electrons. The van der Waals surface area contributed by atoms with E-state index in [4.69, 9.17) is 33.7 Å². The van der Waals surface area contributed by atoms with E-state index in [1.165, 1.54) is 24.9 Å². The highest BCUT2D eigenvalue weighted by Crippen LogP contribution is 2.32. The van der Waals surface area contributed by atoms with Crippen LogP contribution in [-0.4, -0.2) is 12.9 Å². The Morgan fingerprint density at radius 3 is 2.67 bits per heavy atom. The number of nitrogens with two attached hydrogens (primary N) is 1. The van der Waals surface area contributed by atoms with Crippen molar-refractivity contribution in [2.24, 2.45) is 5.73 Å². The summed E-state index contributed by atoms with van der Waals surface area (Å²) in [7, 11) is 1.43. The Morgan fingerprint density at radius 2 is 2.00 bits per heavy atom. The fourth-order valence-electron chi connectivity index (χ4n) is 1.78. The first-order chi connectivity index (χ1) is 10.0. The van der Waals surface area contributed by atoms with Gasteiger partial charge in [-0.2, -0.15) is 0 Å². The van der Waals surface area contributed by atoms with Gasteiger partial charge in [-0.05, 0) is 35.9 Å². The Morgan fingerprint density at radius 1 is 1.24 bits per heavy atom. The summed E-state index contributed by atoms with van der Waals surface area (Å²) < 4.78 is 18.5. The molecule has 0 aliphatic rings. The minimum atomic E-state index is -0.420. The molecule has 2 rings (SSSR count). The minimum Gasteiger partial charge on any atom is -0.494 e. The van der Waals surface area contributed by atoms with E-state index in [1.807, 2.05) is 0 Å². The van der Waals surface area contributed by atoms with Gasteiger partial charge in [-0.25, -0.2) is 4.39 Å². The van der Waals surface area contributed by atoms with Gasteiger partial charge in [0.2, 0.25) is 0 Å². The molecule has 0 fully saturated rings. The highest BCUT2D eigenvalue weighted by Gasteiger charge is 2.12.